The quantitative estimate of drug-likeness (QED) is 0.474. The lowest BCUT2D eigenvalue weighted by atomic mass is 10.1. The lowest BCUT2D eigenvalue weighted by Gasteiger charge is -2.12. The molecule has 2 rings (SSSR count). The first-order valence-electron chi connectivity index (χ1n) is 7.77. The van der Waals surface area contributed by atoms with E-state index < -0.39 is 35.5 Å². The van der Waals surface area contributed by atoms with Crippen LogP contribution in [-0.2, 0) is 20.5 Å². The van der Waals surface area contributed by atoms with Gasteiger partial charge in [0.15, 0.2) is 6.10 Å². The van der Waals surface area contributed by atoms with E-state index in [1.54, 1.807) is 0 Å². The van der Waals surface area contributed by atoms with Gasteiger partial charge in [0.05, 0.1) is 5.56 Å². The van der Waals surface area contributed by atoms with Gasteiger partial charge in [0.25, 0.3) is 5.91 Å². The van der Waals surface area contributed by atoms with Gasteiger partial charge < -0.3 is 10.1 Å². The van der Waals surface area contributed by atoms with Gasteiger partial charge in [0.2, 0.25) is 0 Å². The number of halogens is 4. The van der Waals surface area contributed by atoms with Crippen LogP contribution >= 0.6 is 0 Å². The SMILES string of the molecule is C[C@H](OC(=O)/C=C/c1ccc(C(F)(F)F)cc1)C(=O)Nc1ccc(F)cc1. The fraction of sp³-hybridized carbons (Fsp3) is 0.158. The Hall–Kier alpha value is -3.16. The third kappa shape index (κ3) is 6.25. The Bertz CT molecular complexity index is 828. The van der Waals surface area contributed by atoms with Gasteiger partial charge in [-0.1, -0.05) is 12.1 Å². The molecule has 1 N–H and O–H groups in total. The summed E-state index contributed by atoms with van der Waals surface area (Å²) in [4.78, 5) is 23.7. The predicted molar refractivity (Wildman–Crippen MR) is 91.1 cm³/mol. The second-order valence-corrected chi connectivity index (χ2v) is 5.53. The Morgan fingerprint density at radius 3 is 2.19 bits per heavy atom. The molecule has 0 aliphatic heterocycles. The summed E-state index contributed by atoms with van der Waals surface area (Å²) in [7, 11) is 0. The molecule has 0 spiro atoms. The first kappa shape index (κ1) is 20.2. The van der Waals surface area contributed by atoms with Crippen molar-refractivity contribution in [3.05, 3.63) is 71.6 Å². The zero-order chi connectivity index (χ0) is 20.0. The fourth-order valence-corrected chi connectivity index (χ4v) is 1.99. The topological polar surface area (TPSA) is 55.4 Å². The third-order valence-electron chi connectivity index (χ3n) is 3.42. The van der Waals surface area contributed by atoms with Crippen LogP contribution in [0.2, 0.25) is 0 Å². The number of ether oxygens (including phenoxy) is 1. The van der Waals surface area contributed by atoms with Crippen molar-refractivity contribution in [2.24, 2.45) is 0 Å². The van der Waals surface area contributed by atoms with Crippen LogP contribution in [0.15, 0.2) is 54.6 Å². The minimum absolute atomic E-state index is 0.338. The highest BCUT2D eigenvalue weighted by molar-refractivity contribution is 5.96. The monoisotopic (exact) mass is 381 g/mol. The van der Waals surface area contributed by atoms with Gasteiger partial charge >= 0.3 is 12.1 Å². The number of carbonyl (C=O) groups is 2. The average Bonchev–Trinajstić information content (AvgIpc) is 2.61. The molecule has 27 heavy (non-hydrogen) atoms. The number of benzene rings is 2. The Kier molecular flexibility index (Phi) is 6.33. The molecule has 1 atom stereocenters. The maximum Gasteiger partial charge on any atom is 0.416 e. The Labute approximate surface area is 152 Å². The summed E-state index contributed by atoms with van der Waals surface area (Å²) in [6.45, 7) is 1.35. The summed E-state index contributed by atoms with van der Waals surface area (Å²) in [6, 6.07) is 9.23. The van der Waals surface area contributed by atoms with E-state index in [4.69, 9.17) is 4.74 Å². The highest BCUT2D eigenvalue weighted by Gasteiger charge is 2.29. The van der Waals surface area contributed by atoms with Crippen molar-refractivity contribution in [3.8, 4) is 0 Å². The molecule has 142 valence electrons. The van der Waals surface area contributed by atoms with E-state index in [0.717, 1.165) is 18.2 Å². The summed E-state index contributed by atoms with van der Waals surface area (Å²) < 4.78 is 55.2. The molecule has 2 aromatic carbocycles. The molecule has 0 aliphatic carbocycles. The molecule has 8 heteroatoms. The zero-order valence-corrected chi connectivity index (χ0v) is 14.1. The highest BCUT2D eigenvalue weighted by atomic mass is 19.4. The smallest absolute Gasteiger partial charge is 0.416 e. The van der Waals surface area contributed by atoms with E-state index in [-0.39, 0.29) is 0 Å². The van der Waals surface area contributed by atoms with Crippen molar-refractivity contribution in [2.45, 2.75) is 19.2 Å². The zero-order valence-electron chi connectivity index (χ0n) is 14.1. The van der Waals surface area contributed by atoms with Crippen LogP contribution in [0.5, 0.6) is 0 Å². The van der Waals surface area contributed by atoms with Crippen molar-refractivity contribution in [1.82, 2.24) is 0 Å². The van der Waals surface area contributed by atoms with E-state index in [2.05, 4.69) is 5.32 Å². The summed E-state index contributed by atoms with van der Waals surface area (Å²) >= 11 is 0. The van der Waals surface area contributed by atoms with Crippen molar-refractivity contribution in [3.63, 3.8) is 0 Å². The number of alkyl halides is 3. The number of anilines is 1. The number of nitrogens with one attached hydrogen (secondary N) is 1. The Morgan fingerprint density at radius 2 is 1.63 bits per heavy atom. The van der Waals surface area contributed by atoms with Gasteiger partial charge in [-0.15, -0.1) is 0 Å². The number of esters is 1. The lowest BCUT2D eigenvalue weighted by Crippen LogP contribution is -2.29. The van der Waals surface area contributed by atoms with Gasteiger partial charge in [0.1, 0.15) is 5.82 Å². The van der Waals surface area contributed by atoms with Crippen LogP contribution in [0.3, 0.4) is 0 Å². The maximum absolute atomic E-state index is 12.8. The molecule has 0 fully saturated rings. The van der Waals surface area contributed by atoms with Crippen LogP contribution in [-0.4, -0.2) is 18.0 Å². The number of carbonyl (C=O) groups excluding carboxylic acids is 2. The number of hydrogen-bond donors (Lipinski definition) is 1. The molecular weight excluding hydrogens is 366 g/mol. The summed E-state index contributed by atoms with van der Waals surface area (Å²) in [5.41, 5.74) is -0.0960. The minimum Gasteiger partial charge on any atom is -0.449 e. The molecule has 0 aromatic heterocycles. The number of amides is 1. The molecule has 1 amide bonds. The van der Waals surface area contributed by atoms with Crippen molar-refractivity contribution in [2.75, 3.05) is 5.32 Å². The first-order valence-corrected chi connectivity index (χ1v) is 7.77. The van der Waals surface area contributed by atoms with Crippen LogP contribution in [0, 0.1) is 5.82 Å². The molecule has 0 unspecified atom stereocenters. The lowest BCUT2D eigenvalue weighted by molar-refractivity contribution is -0.148. The van der Waals surface area contributed by atoms with E-state index in [1.807, 2.05) is 0 Å². The van der Waals surface area contributed by atoms with Crippen molar-refractivity contribution in [1.29, 1.82) is 0 Å². The second-order valence-electron chi connectivity index (χ2n) is 5.53. The standard InChI is InChI=1S/C19H15F4NO3/c1-12(18(26)24-16-9-7-15(20)8-10-16)27-17(25)11-4-13-2-5-14(6-3-13)19(21,22)23/h2-12H,1H3,(H,24,26)/b11-4+/t12-/m0/s1. The molecular formula is C19H15F4NO3. The minimum atomic E-state index is -4.44. The van der Waals surface area contributed by atoms with Gasteiger partial charge in [-0.05, 0) is 55.0 Å². The molecule has 0 saturated carbocycles. The van der Waals surface area contributed by atoms with E-state index in [9.17, 15) is 27.2 Å². The van der Waals surface area contributed by atoms with Crippen molar-refractivity contribution < 1.29 is 31.9 Å². The van der Waals surface area contributed by atoms with Gasteiger partial charge in [-0.3, -0.25) is 4.79 Å². The third-order valence-corrected chi connectivity index (χ3v) is 3.42. The number of rotatable bonds is 5. The first-order chi connectivity index (χ1) is 12.6. The van der Waals surface area contributed by atoms with E-state index in [0.29, 0.717) is 11.3 Å². The number of hydrogen-bond acceptors (Lipinski definition) is 3. The maximum atomic E-state index is 12.8. The van der Waals surface area contributed by atoms with Crippen LogP contribution in [0.4, 0.5) is 23.2 Å². The largest absolute Gasteiger partial charge is 0.449 e. The fourth-order valence-electron chi connectivity index (χ4n) is 1.99. The van der Waals surface area contributed by atoms with Gasteiger partial charge in [-0.25, -0.2) is 9.18 Å². The highest BCUT2D eigenvalue weighted by Crippen LogP contribution is 2.29. The molecule has 0 bridgehead atoms. The molecule has 0 radical (unpaired) electrons. The predicted octanol–water partition coefficient (Wildman–Crippen LogP) is 4.43. The normalized spacial score (nSPS) is 12.6. The van der Waals surface area contributed by atoms with Gasteiger partial charge in [-0.2, -0.15) is 13.2 Å². The average molecular weight is 381 g/mol. The molecule has 0 aliphatic rings. The molecule has 0 saturated heterocycles. The van der Waals surface area contributed by atoms with E-state index >= 15 is 0 Å². The molecule has 4 nitrogen and oxygen atoms in total. The Balaban J connectivity index is 1.89. The van der Waals surface area contributed by atoms with Crippen LogP contribution in [0.25, 0.3) is 6.08 Å². The van der Waals surface area contributed by atoms with Crippen molar-refractivity contribution >= 4 is 23.6 Å². The second kappa shape index (κ2) is 8.48. The molecule has 0 heterocycles. The summed E-state index contributed by atoms with van der Waals surface area (Å²) in [5, 5.41) is 2.45. The van der Waals surface area contributed by atoms with Crippen LogP contribution < -0.4 is 5.32 Å². The van der Waals surface area contributed by atoms with Crippen LogP contribution in [0.1, 0.15) is 18.1 Å². The molecule has 2 aromatic rings. The summed E-state index contributed by atoms with van der Waals surface area (Å²) in [6.07, 6.45) is -3.29. The Morgan fingerprint density at radius 1 is 1.04 bits per heavy atom. The van der Waals surface area contributed by atoms with E-state index in [1.165, 1.54) is 49.4 Å². The van der Waals surface area contributed by atoms with Gasteiger partial charge in [0, 0.05) is 11.8 Å². The summed E-state index contributed by atoms with van der Waals surface area (Å²) in [5.74, 6) is -1.91.